The molecule has 1 aromatic heterocycles. The van der Waals surface area contributed by atoms with Crippen LogP contribution in [-0.4, -0.2) is 42.7 Å². The zero-order valence-electron chi connectivity index (χ0n) is 21.1. The summed E-state index contributed by atoms with van der Waals surface area (Å²) in [6.45, 7) is 5.95. The molecule has 0 radical (unpaired) electrons. The molecular weight excluding hydrogens is 461 g/mol. The second-order valence-corrected chi connectivity index (χ2v) is 8.74. The molecule has 0 saturated carbocycles. The van der Waals surface area contributed by atoms with Crippen molar-refractivity contribution >= 4 is 34.2 Å². The number of ether oxygens (including phenoxy) is 3. The Bertz CT molecular complexity index is 1400. The maximum absolute atomic E-state index is 16.2. The van der Waals surface area contributed by atoms with Crippen molar-refractivity contribution in [3.63, 3.8) is 0 Å². The number of halogens is 1. The molecule has 4 aromatic rings. The summed E-state index contributed by atoms with van der Waals surface area (Å²) in [6.07, 6.45) is -0.242. The second kappa shape index (κ2) is 9.87. The summed E-state index contributed by atoms with van der Waals surface area (Å²) in [5.41, 5.74) is 8.55. The molecule has 0 aliphatic heterocycles. The lowest BCUT2D eigenvalue weighted by Crippen LogP contribution is -2.36. The molecular formula is C27H31FN5O3+. The van der Waals surface area contributed by atoms with E-state index in [0.717, 1.165) is 5.52 Å². The van der Waals surface area contributed by atoms with E-state index >= 15 is 4.39 Å². The average Bonchev–Trinajstić information content (AvgIpc) is 3.30. The minimum Gasteiger partial charge on any atom is -0.494 e. The number of nitrogen functional groups attached to an aromatic ring is 1. The van der Waals surface area contributed by atoms with Crippen molar-refractivity contribution in [3.8, 4) is 17.2 Å². The number of quaternary nitrogens is 1. The van der Waals surface area contributed by atoms with Crippen LogP contribution in [0.1, 0.15) is 26.3 Å². The van der Waals surface area contributed by atoms with E-state index in [-0.39, 0.29) is 27.9 Å². The third kappa shape index (κ3) is 4.45. The third-order valence-electron chi connectivity index (χ3n) is 5.95. The van der Waals surface area contributed by atoms with Gasteiger partial charge < -0.3 is 19.9 Å². The fraction of sp³-hybridized carbons (Fsp3) is 0.259. The summed E-state index contributed by atoms with van der Waals surface area (Å²) >= 11 is 0. The monoisotopic (exact) mass is 492 g/mol. The van der Waals surface area contributed by atoms with Crippen molar-refractivity contribution in [1.82, 2.24) is 14.5 Å². The van der Waals surface area contributed by atoms with Crippen LogP contribution in [0.4, 0.5) is 21.7 Å². The number of nitrogens with two attached hydrogens (primary N) is 1. The lowest BCUT2D eigenvalue weighted by atomic mass is 10.1. The van der Waals surface area contributed by atoms with Gasteiger partial charge in [0.05, 0.1) is 32.4 Å². The predicted molar refractivity (Wildman–Crippen MR) is 140 cm³/mol. The van der Waals surface area contributed by atoms with Gasteiger partial charge in [0, 0.05) is 29.8 Å². The summed E-state index contributed by atoms with van der Waals surface area (Å²) < 4.78 is 33.1. The van der Waals surface area contributed by atoms with Crippen LogP contribution in [0.5, 0.6) is 17.2 Å². The van der Waals surface area contributed by atoms with E-state index in [1.54, 1.807) is 43.5 Å². The van der Waals surface area contributed by atoms with E-state index in [1.165, 1.54) is 0 Å². The Labute approximate surface area is 209 Å². The van der Waals surface area contributed by atoms with Gasteiger partial charge in [-0.1, -0.05) is 6.07 Å². The minimum atomic E-state index is -0.530. The molecule has 1 heterocycles. The molecule has 0 fully saturated rings. The van der Waals surface area contributed by atoms with Gasteiger partial charge >= 0.3 is 5.95 Å². The summed E-state index contributed by atoms with van der Waals surface area (Å²) in [7, 11) is 3.42. The molecule has 188 valence electrons. The van der Waals surface area contributed by atoms with Crippen LogP contribution in [0.25, 0.3) is 11.0 Å². The minimum absolute atomic E-state index is 0.0543. The molecule has 0 spiro atoms. The van der Waals surface area contributed by atoms with Crippen molar-refractivity contribution in [1.29, 1.82) is 5.41 Å². The Hall–Kier alpha value is -4.11. The third-order valence-corrected chi connectivity index (χ3v) is 5.95. The highest BCUT2D eigenvalue weighted by molar-refractivity contribution is 5.95. The quantitative estimate of drug-likeness (QED) is 0.156. The SMILES string of the molecule is CCOc1cc(OC(C)C)c(F)c([N+](C)(c2ccc(C(=N)N)cc2)c2nc3c(OC)cccc3[nH]2)c1. The standard InChI is InChI=1S/C27H31FN5O3/c1-6-35-19-14-21(24(28)23(15-19)36-16(2)3)33(4,18-12-10-17(11-13-18)26(29)30)27-31-20-8-7-9-22(34-5)25(20)32-27/h7-16H,6H2,1-5H3,(H3,29,30)(H,31,32)/q+1. The number of nitrogens with one attached hydrogen (secondary N) is 2. The molecule has 8 nitrogen and oxygen atoms in total. The lowest BCUT2D eigenvalue weighted by molar-refractivity contribution is 0.228. The number of methoxy groups -OCH3 is 1. The molecule has 1 unspecified atom stereocenters. The van der Waals surface area contributed by atoms with Crippen molar-refractivity contribution < 1.29 is 18.6 Å². The largest absolute Gasteiger partial charge is 0.494 e. The van der Waals surface area contributed by atoms with Crippen LogP contribution < -0.4 is 24.4 Å². The molecule has 0 saturated heterocycles. The second-order valence-electron chi connectivity index (χ2n) is 8.74. The van der Waals surface area contributed by atoms with E-state index in [4.69, 9.17) is 30.3 Å². The van der Waals surface area contributed by atoms with Gasteiger partial charge in [-0.15, -0.1) is 0 Å². The number of hydrogen-bond acceptors (Lipinski definition) is 5. The molecule has 0 bridgehead atoms. The number of amidine groups is 1. The molecule has 0 aliphatic rings. The smallest absolute Gasteiger partial charge is 0.317 e. The molecule has 0 aliphatic carbocycles. The Morgan fingerprint density at radius 3 is 2.47 bits per heavy atom. The van der Waals surface area contributed by atoms with Gasteiger partial charge in [-0.2, -0.15) is 13.9 Å². The fourth-order valence-corrected chi connectivity index (χ4v) is 4.16. The molecule has 0 amide bonds. The number of aromatic nitrogens is 2. The Kier molecular flexibility index (Phi) is 6.85. The van der Waals surface area contributed by atoms with E-state index in [9.17, 15) is 0 Å². The van der Waals surface area contributed by atoms with E-state index in [0.29, 0.717) is 40.8 Å². The first-order chi connectivity index (χ1) is 17.2. The predicted octanol–water partition coefficient (Wildman–Crippen LogP) is 5.78. The molecule has 1 atom stereocenters. The first-order valence-corrected chi connectivity index (χ1v) is 11.7. The number of para-hydroxylation sites is 1. The van der Waals surface area contributed by atoms with Gasteiger partial charge in [0.15, 0.2) is 11.4 Å². The highest BCUT2D eigenvalue weighted by Gasteiger charge is 2.40. The number of nitrogens with zero attached hydrogens (tertiary/aromatic N) is 2. The zero-order valence-corrected chi connectivity index (χ0v) is 21.1. The van der Waals surface area contributed by atoms with Crippen molar-refractivity contribution in [2.45, 2.75) is 26.9 Å². The van der Waals surface area contributed by atoms with Gasteiger partial charge in [0.1, 0.15) is 28.5 Å². The van der Waals surface area contributed by atoms with Crippen LogP contribution in [0.2, 0.25) is 0 Å². The van der Waals surface area contributed by atoms with Crippen molar-refractivity contribution in [2.75, 3.05) is 20.8 Å². The van der Waals surface area contributed by atoms with E-state index < -0.39 is 5.82 Å². The number of aromatic amines is 1. The topological polar surface area (TPSA) is 106 Å². The van der Waals surface area contributed by atoms with Crippen LogP contribution in [0, 0.1) is 11.2 Å². The Morgan fingerprint density at radius 2 is 1.86 bits per heavy atom. The van der Waals surface area contributed by atoms with Crippen molar-refractivity contribution in [2.24, 2.45) is 5.73 Å². The highest BCUT2D eigenvalue weighted by atomic mass is 19.1. The lowest BCUT2D eigenvalue weighted by Gasteiger charge is -2.31. The van der Waals surface area contributed by atoms with Gasteiger partial charge in [-0.3, -0.25) is 10.4 Å². The average molecular weight is 493 g/mol. The summed E-state index contributed by atoms with van der Waals surface area (Å²) in [5.74, 6) is 1.03. The number of hydrogen-bond donors (Lipinski definition) is 3. The molecule has 36 heavy (non-hydrogen) atoms. The Balaban J connectivity index is 2.04. The van der Waals surface area contributed by atoms with E-state index in [2.05, 4.69) is 4.98 Å². The van der Waals surface area contributed by atoms with Gasteiger partial charge in [0.25, 0.3) is 0 Å². The summed E-state index contributed by atoms with van der Waals surface area (Å²) in [5, 5.41) is 7.76. The fourth-order valence-electron chi connectivity index (χ4n) is 4.16. The van der Waals surface area contributed by atoms with Crippen LogP contribution in [-0.2, 0) is 0 Å². The maximum Gasteiger partial charge on any atom is 0.317 e. The number of rotatable bonds is 9. The Morgan fingerprint density at radius 1 is 1.14 bits per heavy atom. The first kappa shape index (κ1) is 25.0. The number of imidazole rings is 1. The molecule has 9 heteroatoms. The maximum atomic E-state index is 16.2. The van der Waals surface area contributed by atoms with Gasteiger partial charge in [0.2, 0.25) is 5.82 Å². The highest BCUT2D eigenvalue weighted by Crippen LogP contribution is 2.46. The first-order valence-electron chi connectivity index (χ1n) is 11.7. The van der Waals surface area contributed by atoms with Gasteiger partial charge in [-0.25, -0.2) is 0 Å². The normalized spacial score (nSPS) is 13.0. The molecule has 4 N–H and O–H groups in total. The number of H-pyrrole nitrogens is 1. The van der Waals surface area contributed by atoms with Crippen molar-refractivity contribution in [3.05, 3.63) is 66.0 Å². The summed E-state index contributed by atoms with van der Waals surface area (Å²) in [4.78, 5) is 8.20. The number of benzene rings is 3. The van der Waals surface area contributed by atoms with Crippen LogP contribution >= 0.6 is 0 Å². The van der Waals surface area contributed by atoms with E-state index in [1.807, 2.05) is 46.0 Å². The van der Waals surface area contributed by atoms with Crippen LogP contribution in [0.15, 0.2) is 54.6 Å². The number of fused-ring (bicyclic) bond motifs is 1. The van der Waals surface area contributed by atoms with Gasteiger partial charge in [-0.05, 0) is 45.0 Å². The summed E-state index contributed by atoms with van der Waals surface area (Å²) in [6, 6.07) is 15.9. The molecule has 4 rings (SSSR count). The van der Waals surface area contributed by atoms with Crippen LogP contribution in [0.3, 0.4) is 0 Å². The zero-order chi connectivity index (χ0) is 26.0. The molecule has 3 aromatic carbocycles.